The lowest BCUT2D eigenvalue weighted by molar-refractivity contribution is -0.113. The number of carbonyl (C=O) groups is 2. The summed E-state index contributed by atoms with van der Waals surface area (Å²) in [5.41, 5.74) is 2.55. The summed E-state index contributed by atoms with van der Waals surface area (Å²) in [5.74, 6) is 5.42. The van der Waals surface area contributed by atoms with Crippen molar-refractivity contribution in [1.29, 1.82) is 0 Å². The summed E-state index contributed by atoms with van der Waals surface area (Å²) in [5, 5.41) is 0. The van der Waals surface area contributed by atoms with Gasteiger partial charge in [0.25, 0.3) is 0 Å². The second kappa shape index (κ2) is 9.94. The third kappa shape index (κ3) is 5.06. The Labute approximate surface area is 175 Å². The number of carbonyl (C=O) groups excluding carboxylic acids is 2. The maximum absolute atomic E-state index is 13.0. The largest absolute Gasteiger partial charge is 0.495 e. The maximum atomic E-state index is 13.0. The van der Waals surface area contributed by atoms with Crippen molar-refractivity contribution in [2.24, 2.45) is 0 Å². The Hall–Kier alpha value is -4.04. The van der Waals surface area contributed by atoms with E-state index in [1.807, 2.05) is 48.5 Å². The van der Waals surface area contributed by atoms with Gasteiger partial charge in [-0.05, 0) is 42.0 Å². The van der Waals surface area contributed by atoms with Crippen LogP contribution < -0.4 is 9.64 Å². The number of amides is 1. The molecule has 30 heavy (non-hydrogen) atoms. The van der Waals surface area contributed by atoms with Crippen LogP contribution in [-0.4, -0.2) is 26.1 Å². The molecule has 0 fully saturated rings. The van der Waals surface area contributed by atoms with Gasteiger partial charge in [-0.25, -0.2) is 4.79 Å². The third-order valence-electron chi connectivity index (χ3n) is 4.41. The monoisotopic (exact) mass is 399 g/mol. The number of benzene rings is 3. The highest BCUT2D eigenvalue weighted by atomic mass is 16.5. The lowest BCUT2D eigenvalue weighted by Gasteiger charge is -2.20. The van der Waals surface area contributed by atoms with Gasteiger partial charge in [0.2, 0.25) is 0 Å². The van der Waals surface area contributed by atoms with Gasteiger partial charge in [0.15, 0.2) is 0 Å². The summed E-state index contributed by atoms with van der Waals surface area (Å²) in [7, 11) is 2.90. The first-order valence-corrected chi connectivity index (χ1v) is 9.31. The van der Waals surface area contributed by atoms with Gasteiger partial charge in [0, 0.05) is 11.6 Å². The number of hydrogen-bond acceptors (Lipinski definition) is 4. The van der Waals surface area contributed by atoms with E-state index in [-0.39, 0.29) is 12.5 Å². The zero-order valence-corrected chi connectivity index (χ0v) is 16.8. The molecule has 3 aromatic rings. The number of nitrogens with zero attached hydrogens (tertiary/aromatic N) is 1. The first-order valence-electron chi connectivity index (χ1n) is 9.31. The predicted molar refractivity (Wildman–Crippen MR) is 115 cm³/mol. The summed E-state index contributed by atoms with van der Waals surface area (Å²) in [6.45, 7) is 0.258. The molecule has 0 heterocycles. The molecule has 0 bridgehead atoms. The normalized spacial score (nSPS) is 9.80. The zero-order chi connectivity index (χ0) is 21.3. The number of para-hydroxylation sites is 2. The van der Waals surface area contributed by atoms with Crippen LogP contribution in [0.25, 0.3) is 0 Å². The van der Waals surface area contributed by atoms with Crippen LogP contribution in [0.3, 0.4) is 0 Å². The Morgan fingerprint density at radius 3 is 2.37 bits per heavy atom. The van der Waals surface area contributed by atoms with Gasteiger partial charge < -0.3 is 9.47 Å². The van der Waals surface area contributed by atoms with Crippen molar-refractivity contribution in [2.75, 3.05) is 19.1 Å². The molecule has 3 rings (SSSR count). The van der Waals surface area contributed by atoms with Crippen LogP contribution in [0.1, 0.15) is 21.5 Å². The van der Waals surface area contributed by atoms with E-state index in [9.17, 15) is 9.59 Å². The fraction of sp³-hybridized carbons (Fsp3) is 0.120. The number of rotatable bonds is 5. The molecule has 0 N–H and O–H groups in total. The fourth-order valence-electron chi connectivity index (χ4n) is 2.92. The molecule has 0 saturated carbocycles. The zero-order valence-electron chi connectivity index (χ0n) is 16.8. The topological polar surface area (TPSA) is 55.8 Å². The lowest BCUT2D eigenvalue weighted by Crippen LogP contribution is -2.29. The average Bonchev–Trinajstić information content (AvgIpc) is 2.81. The van der Waals surface area contributed by atoms with E-state index in [0.717, 1.165) is 5.56 Å². The lowest BCUT2D eigenvalue weighted by atomic mass is 10.1. The molecule has 5 nitrogen and oxygen atoms in total. The van der Waals surface area contributed by atoms with Crippen LogP contribution in [0, 0.1) is 11.8 Å². The summed E-state index contributed by atoms with van der Waals surface area (Å²) in [6.07, 6.45) is 0. The maximum Gasteiger partial charge on any atom is 0.337 e. The van der Waals surface area contributed by atoms with Crippen LogP contribution in [0.5, 0.6) is 5.75 Å². The first-order chi connectivity index (χ1) is 14.6. The summed E-state index contributed by atoms with van der Waals surface area (Å²) in [6, 6.07) is 23.5. The fourth-order valence-corrected chi connectivity index (χ4v) is 2.92. The Bertz CT molecular complexity index is 1100. The van der Waals surface area contributed by atoms with Crippen LogP contribution in [0.4, 0.5) is 5.69 Å². The minimum Gasteiger partial charge on any atom is -0.495 e. The molecule has 0 atom stereocenters. The molecule has 0 aliphatic carbocycles. The summed E-state index contributed by atoms with van der Waals surface area (Å²) in [4.78, 5) is 26.4. The van der Waals surface area contributed by atoms with Gasteiger partial charge >= 0.3 is 11.9 Å². The molecule has 0 radical (unpaired) electrons. The number of ether oxygens (including phenoxy) is 2. The van der Waals surface area contributed by atoms with Crippen molar-refractivity contribution in [1.82, 2.24) is 0 Å². The van der Waals surface area contributed by atoms with Crippen LogP contribution in [0.15, 0.2) is 78.9 Å². The van der Waals surface area contributed by atoms with Crippen molar-refractivity contribution in [3.63, 3.8) is 0 Å². The smallest absolute Gasteiger partial charge is 0.337 e. The Morgan fingerprint density at radius 2 is 1.63 bits per heavy atom. The number of hydrogen-bond donors (Lipinski definition) is 0. The van der Waals surface area contributed by atoms with E-state index in [4.69, 9.17) is 9.47 Å². The minimum absolute atomic E-state index is 0.258. The summed E-state index contributed by atoms with van der Waals surface area (Å²) < 4.78 is 10.1. The molecule has 0 unspecified atom stereocenters. The third-order valence-corrected chi connectivity index (χ3v) is 4.41. The first kappa shape index (κ1) is 20.7. The molecule has 5 heteroatoms. The molecular weight excluding hydrogens is 378 g/mol. The number of anilines is 1. The van der Waals surface area contributed by atoms with Gasteiger partial charge in [-0.1, -0.05) is 48.4 Å². The van der Waals surface area contributed by atoms with Gasteiger partial charge in [0.1, 0.15) is 5.75 Å². The molecule has 0 aliphatic heterocycles. The highest BCUT2D eigenvalue weighted by molar-refractivity contribution is 6.06. The quantitative estimate of drug-likeness (QED) is 0.479. The van der Waals surface area contributed by atoms with Crippen molar-refractivity contribution in [2.45, 2.75) is 6.54 Å². The van der Waals surface area contributed by atoms with Gasteiger partial charge in [-0.2, -0.15) is 0 Å². The highest BCUT2D eigenvalue weighted by Gasteiger charge is 2.15. The van der Waals surface area contributed by atoms with Crippen molar-refractivity contribution < 1.29 is 19.1 Å². The van der Waals surface area contributed by atoms with Crippen LogP contribution >= 0.6 is 0 Å². The molecule has 150 valence electrons. The van der Waals surface area contributed by atoms with E-state index in [1.54, 1.807) is 42.3 Å². The number of methoxy groups -OCH3 is 2. The Balaban J connectivity index is 1.92. The number of esters is 1. The van der Waals surface area contributed by atoms with E-state index in [2.05, 4.69) is 11.8 Å². The highest BCUT2D eigenvalue weighted by Crippen LogP contribution is 2.19. The van der Waals surface area contributed by atoms with Crippen LogP contribution in [-0.2, 0) is 16.1 Å². The van der Waals surface area contributed by atoms with Gasteiger partial charge in [-0.3, -0.25) is 9.69 Å². The second-order valence-corrected chi connectivity index (χ2v) is 6.37. The summed E-state index contributed by atoms with van der Waals surface area (Å²) >= 11 is 0. The van der Waals surface area contributed by atoms with E-state index in [0.29, 0.717) is 22.6 Å². The molecule has 3 aromatic carbocycles. The minimum atomic E-state index is -0.426. The Morgan fingerprint density at radius 1 is 0.900 bits per heavy atom. The van der Waals surface area contributed by atoms with Crippen molar-refractivity contribution >= 4 is 17.6 Å². The molecule has 0 aliphatic rings. The Kier molecular flexibility index (Phi) is 6.86. The average molecular weight is 399 g/mol. The van der Waals surface area contributed by atoms with E-state index in [1.165, 1.54) is 7.11 Å². The van der Waals surface area contributed by atoms with Gasteiger partial charge in [-0.15, -0.1) is 0 Å². The molecule has 1 amide bonds. The van der Waals surface area contributed by atoms with Crippen molar-refractivity contribution in [3.8, 4) is 17.6 Å². The second-order valence-electron chi connectivity index (χ2n) is 6.37. The SMILES string of the molecule is COC(=O)c1cccc(CN(C(=O)C#Cc2ccccc2OC)c2ccccc2)c1. The standard InChI is InChI=1S/C25H21NO4/c1-29-23-14-7-6-10-20(23)15-16-24(27)26(22-12-4-3-5-13-22)18-19-9-8-11-21(17-19)25(28)30-2/h3-14,17H,18H2,1-2H3. The van der Waals surface area contributed by atoms with Crippen molar-refractivity contribution in [3.05, 3.63) is 95.6 Å². The van der Waals surface area contributed by atoms with E-state index >= 15 is 0 Å². The van der Waals surface area contributed by atoms with E-state index < -0.39 is 5.97 Å². The molecular formula is C25H21NO4. The predicted octanol–water partition coefficient (Wildman–Crippen LogP) is 4.07. The molecule has 0 aromatic heterocycles. The molecule has 0 spiro atoms. The van der Waals surface area contributed by atoms with Gasteiger partial charge in [0.05, 0.1) is 31.9 Å². The van der Waals surface area contributed by atoms with Crippen LogP contribution in [0.2, 0.25) is 0 Å². The molecule has 0 saturated heterocycles.